The molecule has 0 bridgehead atoms. The monoisotopic (exact) mass is 364 g/mol. The van der Waals surface area contributed by atoms with Gasteiger partial charge in [-0.2, -0.15) is 0 Å². The minimum Gasteiger partial charge on any atom is -0.497 e. The Labute approximate surface area is 146 Å². The van der Waals surface area contributed by atoms with Crippen LogP contribution in [0.3, 0.4) is 0 Å². The molecule has 0 aliphatic rings. The first-order valence-electron chi connectivity index (χ1n) is 7.71. The summed E-state index contributed by atoms with van der Waals surface area (Å²) in [5, 5.41) is 10.9. The summed E-state index contributed by atoms with van der Waals surface area (Å²) in [7, 11) is -2.18. The van der Waals surface area contributed by atoms with Crippen molar-refractivity contribution < 1.29 is 18.1 Å². The molecule has 0 aliphatic heterocycles. The summed E-state index contributed by atoms with van der Waals surface area (Å²) >= 11 is 0. The fourth-order valence-electron chi connectivity index (χ4n) is 2.33. The van der Waals surface area contributed by atoms with Crippen LogP contribution in [-0.2, 0) is 16.4 Å². The molecule has 134 valence electrons. The summed E-state index contributed by atoms with van der Waals surface area (Å²) in [6, 6.07) is 11.4. The third-order valence-electron chi connectivity index (χ3n) is 3.78. The van der Waals surface area contributed by atoms with Crippen molar-refractivity contribution in [1.29, 1.82) is 0 Å². The quantitative estimate of drug-likeness (QED) is 0.441. The number of hydrogen-bond acceptors (Lipinski definition) is 5. The van der Waals surface area contributed by atoms with Gasteiger partial charge in [0.05, 0.1) is 16.9 Å². The lowest BCUT2D eigenvalue weighted by Gasteiger charge is -2.08. The number of benzene rings is 2. The average molecular weight is 364 g/mol. The smallest absolute Gasteiger partial charge is 0.273 e. The standard InChI is InChI=1S/C17H20N2O5S/c1-13-5-10-16(12-17(13)19(20)21)25(22,23)18-11-3-4-14-6-8-15(24-2)9-7-14/h5-10,12,18H,3-4,11H2,1-2H3. The van der Waals surface area contributed by atoms with E-state index in [1.807, 2.05) is 24.3 Å². The predicted molar refractivity (Wildman–Crippen MR) is 94.3 cm³/mol. The van der Waals surface area contributed by atoms with Crippen LogP contribution >= 0.6 is 0 Å². The third-order valence-corrected chi connectivity index (χ3v) is 5.24. The Morgan fingerprint density at radius 1 is 1.16 bits per heavy atom. The molecule has 2 aromatic rings. The zero-order valence-corrected chi connectivity index (χ0v) is 14.9. The van der Waals surface area contributed by atoms with E-state index < -0.39 is 14.9 Å². The van der Waals surface area contributed by atoms with E-state index in [0.29, 0.717) is 18.4 Å². The van der Waals surface area contributed by atoms with Crippen LogP contribution < -0.4 is 9.46 Å². The molecule has 0 saturated heterocycles. The van der Waals surface area contributed by atoms with E-state index >= 15 is 0 Å². The maximum absolute atomic E-state index is 12.3. The number of ether oxygens (including phenoxy) is 1. The zero-order valence-electron chi connectivity index (χ0n) is 14.1. The third kappa shape index (κ3) is 5.01. The van der Waals surface area contributed by atoms with E-state index in [9.17, 15) is 18.5 Å². The fourth-order valence-corrected chi connectivity index (χ4v) is 3.42. The van der Waals surface area contributed by atoms with Crippen LogP contribution in [-0.4, -0.2) is 27.0 Å². The van der Waals surface area contributed by atoms with Crippen LogP contribution in [0, 0.1) is 17.0 Å². The molecule has 0 spiro atoms. The highest BCUT2D eigenvalue weighted by atomic mass is 32.2. The highest BCUT2D eigenvalue weighted by Crippen LogP contribution is 2.22. The van der Waals surface area contributed by atoms with Crippen molar-refractivity contribution in [1.82, 2.24) is 4.72 Å². The predicted octanol–water partition coefficient (Wildman–Crippen LogP) is 2.82. The topological polar surface area (TPSA) is 98.5 Å². The molecule has 0 amide bonds. The van der Waals surface area contributed by atoms with E-state index in [1.54, 1.807) is 14.0 Å². The first-order valence-corrected chi connectivity index (χ1v) is 9.19. The second-order valence-corrected chi connectivity index (χ2v) is 7.32. The molecule has 0 unspecified atom stereocenters. The normalized spacial score (nSPS) is 11.3. The fraction of sp³-hybridized carbons (Fsp3) is 0.294. The van der Waals surface area contributed by atoms with Crippen LogP contribution in [0.5, 0.6) is 5.75 Å². The van der Waals surface area contributed by atoms with Crippen molar-refractivity contribution in [3.05, 3.63) is 63.7 Å². The number of nitrogens with zero attached hydrogens (tertiary/aromatic N) is 1. The molecular weight excluding hydrogens is 344 g/mol. The van der Waals surface area contributed by atoms with Crippen LogP contribution in [0.4, 0.5) is 5.69 Å². The van der Waals surface area contributed by atoms with Gasteiger partial charge in [-0.1, -0.05) is 18.2 Å². The van der Waals surface area contributed by atoms with Gasteiger partial charge in [-0.3, -0.25) is 10.1 Å². The zero-order chi connectivity index (χ0) is 18.4. The molecule has 1 N–H and O–H groups in total. The van der Waals surface area contributed by atoms with E-state index in [1.165, 1.54) is 12.1 Å². The number of nitro benzene ring substituents is 1. The van der Waals surface area contributed by atoms with Gasteiger partial charge in [-0.25, -0.2) is 13.1 Å². The number of hydrogen-bond donors (Lipinski definition) is 1. The Morgan fingerprint density at radius 3 is 2.44 bits per heavy atom. The molecule has 0 heterocycles. The molecule has 0 fully saturated rings. The molecular formula is C17H20N2O5S. The highest BCUT2D eigenvalue weighted by molar-refractivity contribution is 7.89. The highest BCUT2D eigenvalue weighted by Gasteiger charge is 2.19. The second-order valence-electron chi connectivity index (χ2n) is 5.55. The van der Waals surface area contributed by atoms with Gasteiger partial charge < -0.3 is 4.74 Å². The van der Waals surface area contributed by atoms with E-state index in [0.717, 1.165) is 17.4 Å². The van der Waals surface area contributed by atoms with Gasteiger partial charge in [0.2, 0.25) is 10.0 Å². The van der Waals surface area contributed by atoms with Crippen molar-refractivity contribution in [3.63, 3.8) is 0 Å². The first-order chi connectivity index (χ1) is 11.8. The Kier molecular flexibility index (Phi) is 6.11. The molecule has 2 rings (SSSR count). The van der Waals surface area contributed by atoms with Crippen molar-refractivity contribution in [2.24, 2.45) is 0 Å². The maximum atomic E-state index is 12.3. The second kappa shape index (κ2) is 8.09. The minimum atomic E-state index is -3.77. The molecule has 0 aromatic heterocycles. The van der Waals surface area contributed by atoms with Gasteiger partial charge >= 0.3 is 0 Å². The Hall–Kier alpha value is -2.45. The number of nitrogens with one attached hydrogen (secondary N) is 1. The number of aryl methyl sites for hydroxylation is 2. The number of nitro groups is 1. The number of sulfonamides is 1. The van der Waals surface area contributed by atoms with Crippen molar-refractivity contribution in [3.8, 4) is 5.75 Å². The van der Waals surface area contributed by atoms with Gasteiger partial charge in [-0.15, -0.1) is 0 Å². The number of rotatable bonds is 8. The molecule has 0 radical (unpaired) electrons. The van der Waals surface area contributed by atoms with Crippen LogP contribution in [0.25, 0.3) is 0 Å². The van der Waals surface area contributed by atoms with Gasteiger partial charge in [-0.05, 0) is 43.5 Å². The van der Waals surface area contributed by atoms with Crippen molar-refractivity contribution in [2.45, 2.75) is 24.7 Å². The van der Waals surface area contributed by atoms with E-state index in [4.69, 9.17) is 4.74 Å². The van der Waals surface area contributed by atoms with E-state index in [-0.39, 0.29) is 17.1 Å². The summed E-state index contributed by atoms with van der Waals surface area (Å²) in [5.74, 6) is 0.769. The summed E-state index contributed by atoms with van der Waals surface area (Å²) in [6.07, 6.45) is 1.32. The summed E-state index contributed by atoms with van der Waals surface area (Å²) in [4.78, 5) is 10.3. The summed E-state index contributed by atoms with van der Waals surface area (Å²) < 4.78 is 32.1. The molecule has 7 nitrogen and oxygen atoms in total. The summed E-state index contributed by atoms with van der Waals surface area (Å²) in [6.45, 7) is 1.81. The van der Waals surface area contributed by atoms with Crippen LogP contribution in [0.2, 0.25) is 0 Å². The molecule has 2 aromatic carbocycles. The van der Waals surface area contributed by atoms with E-state index in [2.05, 4.69) is 4.72 Å². The summed E-state index contributed by atoms with van der Waals surface area (Å²) in [5.41, 5.74) is 1.29. The average Bonchev–Trinajstić information content (AvgIpc) is 2.59. The lowest BCUT2D eigenvalue weighted by molar-refractivity contribution is -0.385. The SMILES string of the molecule is COc1ccc(CCCNS(=O)(=O)c2ccc(C)c([N+](=O)[O-])c2)cc1. The Morgan fingerprint density at radius 2 is 1.84 bits per heavy atom. The molecule has 25 heavy (non-hydrogen) atoms. The lowest BCUT2D eigenvalue weighted by atomic mass is 10.1. The minimum absolute atomic E-state index is 0.103. The Balaban J connectivity index is 1.95. The maximum Gasteiger partial charge on any atom is 0.273 e. The lowest BCUT2D eigenvalue weighted by Crippen LogP contribution is -2.25. The van der Waals surface area contributed by atoms with Crippen LogP contribution in [0.15, 0.2) is 47.4 Å². The van der Waals surface area contributed by atoms with Gasteiger partial charge in [0, 0.05) is 18.2 Å². The Bertz CT molecular complexity index is 848. The molecule has 8 heteroatoms. The van der Waals surface area contributed by atoms with Gasteiger partial charge in [0.25, 0.3) is 5.69 Å². The molecule has 0 saturated carbocycles. The van der Waals surface area contributed by atoms with Crippen molar-refractivity contribution >= 4 is 15.7 Å². The molecule has 0 atom stereocenters. The van der Waals surface area contributed by atoms with Gasteiger partial charge in [0.1, 0.15) is 5.75 Å². The van der Waals surface area contributed by atoms with Gasteiger partial charge in [0.15, 0.2) is 0 Å². The largest absolute Gasteiger partial charge is 0.497 e. The first kappa shape index (κ1) is 18.9. The van der Waals surface area contributed by atoms with Crippen LogP contribution in [0.1, 0.15) is 17.5 Å². The number of methoxy groups -OCH3 is 1. The molecule has 0 aliphatic carbocycles. The van der Waals surface area contributed by atoms with Crippen molar-refractivity contribution in [2.75, 3.05) is 13.7 Å².